The third kappa shape index (κ3) is 2.97. The van der Waals surface area contributed by atoms with E-state index in [1.165, 1.54) is 6.07 Å². The number of nitrogen functional groups attached to an aromatic ring is 2. The van der Waals surface area contributed by atoms with Gasteiger partial charge in [0.05, 0.1) is 11.3 Å². The number of carboxylic acid groups (broad SMARTS) is 1. The molecule has 8 heteroatoms. The topological polar surface area (TPSA) is 128 Å². The van der Waals surface area contributed by atoms with E-state index in [1.54, 1.807) is 19.9 Å². The molecule has 0 saturated carbocycles. The number of rotatable bonds is 3. The normalized spacial score (nSPS) is 10.5. The third-order valence-corrected chi connectivity index (χ3v) is 3.36. The van der Waals surface area contributed by atoms with Crippen LogP contribution in [-0.4, -0.2) is 26.0 Å². The zero-order valence-corrected chi connectivity index (χ0v) is 11.7. The van der Waals surface area contributed by atoms with Crippen molar-refractivity contribution in [3.8, 4) is 0 Å². The number of hydrogen-bond acceptors (Lipinski definition) is 7. The standard InChI is InChI=1S/C12H13N5O2S/c1-5-3-7(10(11(18)19)6(2)15-5)20-12-16-8(13)4-9(14)17-12/h3-4H,1-2H3,(H,18,19)(H4,13,14,16,17). The molecule has 0 aliphatic rings. The van der Waals surface area contributed by atoms with Gasteiger partial charge in [-0.25, -0.2) is 14.8 Å². The Labute approximate surface area is 119 Å². The van der Waals surface area contributed by atoms with Crippen molar-refractivity contribution in [2.75, 3.05) is 11.5 Å². The van der Waals surface area contributed by atoms with Crippen LogP contribution in [-0.2, 0) is 0 Å². The van der Waals surface area contributed by atoms with Gasteiger partial charge in [-0.15, -0.1) is 0 Å². The molecule has 7 nitrogen and oxygen atoms in total. The van der Waals surface area contributed by atoms with Crippen LogP contribution >= 0.6 is 11.8 Å². The molecule has 0 bridgehead atoms. The van der Waals surface area contributed by atoms with E-state index in [0.29, 0.717) is 21.4 Å². The fourth-order valence-corrected chi connectivity index (χ4v) is 2.80. The number of nitrogens with two attached hydrogens (primary N) is 2. The van der Waals surface area contributed by atoms with E-state index in [4.69, 9.17) is 11.5 Å². The molecule has 0 saturated heterocycles. The van der Waals surface area contributed by atoms with Crippen molar-refractivity contribution in [2.24, 2.45) is 0 Å². The maximum atomic E-state index is 11.3. The first-order chi connectivity index (χ1) is 9.36. The molecule has 0 aliphatic heterocycles. The second-order valence-electron chi connectivity index (χ2n) is 4.13. The molecule has 0 unspecified atom stereocenters. The van der Waals surface area contributed by atoms with Crippen LogP contribution in [0.2, 0.25) is 0 Å². The SMILES string of the molecule is Cc1cc(Sc2nc(N)cc(N)n2)c(C(=O)O)c(C)n1. The minimum absolute atomic E-state index is 0.130. The zero-order valence-electron chi connectivity index (χ0n) is 10.9. The number of aromatic carboxylic acids is 1. The summed E-state index contributed by atoms with van der Waals surface area (Å²) in [7, 11) is 0. The lowest BCUT2D eigenvalue weighted by Gasteiger charge is -2.09. The van der Waals surface area contributed by atoms with Crippen LogP contribution in [0, 0.1) is 13.8 Å². The largest absolute Gasteiger partial charge is 0.478 e. The van der Waals surface area contributed by atoms with Crippen LogP contribution in [0.5, 0.6) is 0 Å². The van der Waals surface area contributed by atoms with Crippen molar-refractivity contribution in [1.82, 2.24) is 15.0 Å². The fraction of sp³-hybridized carbons (Fsp3) is 0.167. The van der Waals surface area contributed by atoms with Crippen molar-refractivity contribution in [3.63, 3.8) is 0 Å². The Morgan fingerprint density at radius 2 is 1.75 bits per heavy atom. The molecule has 2 heterocycles. The van der Waals surface area contributed by atoms with Gasteiger partial charge in [-0.05, 0) is 31.7 Å². The van der Waals surface area contributed by atoms with Gasteiger partial charge < -0.3 is 16.6 Å². The summed E-state index contributed by atoms with van der Waals surface area (Å²) < 4.78 is 0. The van der Waals surface area contributed by atoms with Crippen LogP contribution in [0.4, 0.5) is 11.6 Å². The lowest BCUT2D eigenvalue weighted by atomic mass is 10.2. The molecule has 104 valence electrons. The predicted molar refractivity (Wildman–Crippen MR) is 75.7 cm³/mol. The Kier molecular flexibility index (Phi) is 3.75. The van der Waals surface area contributed by atoms with Crippen molar-refractivity contribution < 1.29 is 9.90 Å². The van der Waals surface area contributed by atoms with Gasteiger partial charge >= 0.3 is 5.97 Å². The predicted octanol–water partition coefficient (Wildman–Crippen LogP) is 1.50. The Bertz CT molecular complexity index is 670. The van der Waals surface area contributed by atoms with Gasteiger partial charge in [0.2, 0.25) is 0 Å². The van der Waals surface area contributed by atoms with Crippen LogP contribution in [0.25, 0.3) is 0 Å². The summed E-state index contributed by atoms with van der Waals surface area (Å²) in [6, 6.07) is 3.11. The summed E-state index contributed by atoms with van der Waals surface area (Å²) in [6.45, 7) is 3.44. The monoisotopic (exact) mass is 291 g/mol. The molecule has 0 atom stereocenters. The Morgan fingerprint density at radius 3 is 2.30 bits per heavy atom. The molecule has 0 aliphatic carbocycles. The summed E-state index contributed by atoms with van der Waals surface area (Å²) in [5.41, 5.74) is 12.5. The van der Waals surface area contributed by atoms with E-state index in [1.807, 2.05) is 0 Å². The van der Waals surface area contributed by atoms with E-state index in [2.05, 4.69) is 15.0 Å². The van der Waals surface area contributed by atoms with E-state index < -0.39 is 5.97 Å². The van der Waals surface area contributed by atoms with Gasteiger partial charge in [0.15, 0.2) is 5.16 Å². The molecular weight excluding hydrogens is 278 g/mol. The molecule has 0 fully saturated rings. The molecule has 2 aromatic heterocycles. The summed E-state index contributed by atoms with van der Waals surface area (Å²) in [5.74, 6) is -0.576. The fourth-order valence-electron chi connectivity index (χ4n) is 1.74. The Hall–Kier alpha value is -2.35. The van der Waals surface area contributed by atoms with E-state index in [9.17, 15) is 9.90 Å². The van der Waals surface area contributed by atoms with Gasteiger partial charge in [0.25, 0.3) is 0 Å². The first-order valence-corrected chi connectivity index (χ1v) is 6.48. The van der Waals surface area contributed by atoms with Gasteiger partial charge in [0.1, 0.15) is 11.6 Å². The first kappa shape index (κ1) is 14.1. The summed E-state index contributed by atoms with van der Waals surface area (Å²) in [6.07, 6.45) is 0. The van der Waals surface area contributed by atoms with Crippen LogP contribution in [0.15, 0.2) is 22.2 Å². The van der Waals surface area contributed by atoms with Crippen LogP contribution in [0.3, 0.4) is 0 Å². The number of nitrogens with zero attached hydrogens (tertiary/aromatic N) is 3. The summed E-state index contributed by atoms with van der Waals surface area (Å²) in [4.78, 5) is 24.0. The quantitative estimate of drug-likeness (QED) is 0.726. The summed E-state index contributed by atoms with van der Waals surface area (Å²) >= 11 is 1.10. The molecule has 2 rings (SSSR count). The molecule has 0 aromatic carbocycles. The minimum Gasteiger partial charge on any atom is -0.478 e. The van der Waals surface area contributed by atoms with Gasteiger partial charge in [0, 0.05) is 16.7 Å². The number of anilines is 2. The van der Waals surface area contributed by atoms with Gasteiger partial charge in [-0.1, -0.05) is 0 Å². The lowest BCUT2D eigenvalue weighted by Crippen LogP contribution is -2.06. The van der Waals surface area contributed by atoms with Gasteiger partial charge in [-0.3, -0.25) is 4.98 Å². The third-order valence-electron chi connectivity index (χ3n) is 2.45. The molecule has 0 radical (unpaired) electrons. The number of hydrogen-bond donors (Lipinski definition) is 3. The average Bonchev–Trinajstić information content (AvgIpc) is 2.25. The first-order valence-electron chi connectivity index (χ1n) is 5.66. The number of carbonyl (C=O) groups is 1. The van der Waals surface area contributed by atoms with Crippen molar-refractivity contribution in [1.29, 1.82) is 0 Å². The van der Waals surface area contributed by atoms with Gasteiger partial charge in [-0.2, -0.15) is 0 Å². The number of aromatic nitrogens is 3. The van der Waals surface area contributed by atoms with Crippen molar-refractivity contribution in [3.05, 3.63) is 29.1 Å². The van der Waals surface area contributed by atoms with Crippen LogP contribution < -0.4 is 11.5 Å². The smallest absolute Gasteiger partial charge is 0.338 e. The van der Waals surface area contributed by atoms with Crippen molar-refractivity contribution >= 4 is 29.4 Å². The average molecular weight is 291 g/mol. The lowest BCUT2D eigenvalue weighted by molar-refractivity contribution is 0.0691. The maximum absolute atomic E-state index is 11.3. The number of aryl methyl sites for hydroxylation is 2. The molecule has 0 amide bonds. The second kappa shape index (κ2) is 5.33. The number of pyridine rings is 1. The summed E-state index contributed by atoms with van der Waals surface area (Å²) in [5, 5.41) is 9.58. The van der Waals surface area contributed by atoms with E-state index >= 15 is 0 Å². The van der Waals surface area contributed by atoms with Crippen molar-refractivity contribution in [2.45, 2.75) is 23.9 Å². The second-order valence-corrected chi connectivity index (χ2v) is 5.14. The van der Waals surface area contributed by atoms with E-state index in [0.717, 1.165) is 11.8 Å². The van der Waals surface area contributed by atoms with E-state index in [-0.39, 0.29) is 17.2 Å². The highest BCUT2D eigenvalue weighted by atomic mass is 32.2. The Morgan fingerprint density at radius 1 is 1.15 bits per heavy atom. The maximum Gasteiger partial charge on any atom is 0.338 e. The highest BCUT2D eigenvalue weighted by molar-refractivity contribution is 7.99. The molecule has 0 spiro atoms. The van der Waals surface area contributed by atoms with Crippen LogP contribution in [0.1, 0.15) is 21.7 Å². The highest BCUT2D eigenvalue weighted by Crippen LogP contribution is 2.30. The molecule has 2 aromatic rings. The zero-order chi connectivity index (χ0) is 14.9. The molecule has 5 N–H and O–H groups in total. The Balaban J connectivity index is 2.49. The molecule has 20 heavy (non-hydrogen) atoms. The number of carboxylic acids is 1. The molecular formula is C12H13N5O2S. The minimum atomic E-state index is -1.05. The highest BCUT2D eigenvalue weighted by Gasteiger charge is 2.17.